The van der Waals surface area contributed by atoms with Crippen LogP contribution in [0.25, 0.3) is 10.6 Å². The zero-order valence-electron chi connectivity index (χ0n) is 15.9. The molecule has 3 aromatic rings. The van der Waals surface area contributed by atoms with Crippen LogP contribution in [0.2, 0.25) is 0 Å². The van der Waals surface area contributed by atoms with Crippen LogP contribution in [0.1, 0.15) is 25.3 Å². The molecule has 3 rings (SSSR count). The van der Waals surface area contributed by atoms with E-state index in [1.165, 1.54) is 16.9 Å². The van der Waals surface area contributed by atoms with Gasteiger partial charge in [-0.2, -0.15) is 0 Å². The van der Waals surface area contributed by atoms with Gasteiger partial charge in [0.25, 0.3) is 0 Å². The van der Waals surface area contributed by atoms with Gasteiger partial charge in [-0.25, -0.2) is 0 Å². The summed E-state index contributed by atoms with van der Waals surface area (Å²) in [5.74, 6) is 0.838. The molecule has 0 saturated heterocycles. The lowest BCUT2D eigenvalue weighted by molar-refractivity contribution is -0.118. The third-order valence-electron chi connectivity index (χ3n) is 4.30. The Morgan fingerprint density at radius 2 is 1.82 bits per heavy atom. The van der Waals surface area contributed by atoms with Crippen LogP contribution in [0.3, 0.4) is 0 Å². The summed E-state index contributed by atoms with van der Waals surface area (Å²) in [7, 11) is 1.73. The van der Waals surface area contributed by atoms with E-state index in [-0.39, 0.29) is 5.91 Å². The van der Waals surface area contributed by atoms with Gasteiger partial charge in [0.15, 0.2) is 0 Å². The minimum absolute atomic E-state index is 0.00318. The average molecular weight is 460 g/mol. The molecule has 2 aromatic carbocycles. The highest BCUT2D eigenvalue weighted by Crippen LogP contribution is 2.29. The summed E-state index contributed by atoms with van der Waals surface area (Å²) in [6.45, 7) is 2.63. The van der Waals surface area contributed by atoms with Crippen LogP contribution in [0, 0.1) is 0 Å². The van der Waals surface area contributed by atoms with Gasteiger partial charge in [0.05, 0.1) is 6.61 Å². The highest BCUT2D eigenvalue weighted by molar-refractivity contribution is 9.10. The van der Waals surface area contributed by atoms with E-state index in [4.69, 9.17) is 4.74 Å². The number of carbonyl (C=O) groups is 1. The van der Waals surface area contributed by atoms with Crippen molar-refractivity contribution >= 4 is 38.3 Å². The lowest BCUT2D eigenvalue weighted by atomic mass is 10.2. The molecule has 1 heterocycles. The monoisotopic (exact) mass is 459 g/mol. The fraction of sp³-hybridized carbons (Fsp3) is 0.286. The van der Waals surface area contributed by atoms with E-state index < -0.39 is 0 Å². The first kappa shape index (κ1) is 20.5. The minimum atomic E-state index is 0.00318. The van der Waals surface area contributed by atoms with Gasteiger partial charge in [-0.05, 0) is 42.7 Å². The van der Waals surface area contributed by atoms with Crippen molar-refractivity contribution in [2.75, 3.05) is 18.6 Å². The van der Waals surface area contributed by atoms with Gasteiger partial charge in [-0.15, -0.1) is 10.2 Å². The summed E-state index contributed by atoms with van der Waals surface area (Å²) >= 11 is 4.82. The number of hydrogen-bond acceptors (Lipinski definition) is 5. The number of carbonyl (C=O) groups excluding carboxylic acids is 1. The SMILES string of the molecule is CCc1ccc(OCCCC(=O)N(C)c2nnc(-c3ccc(Br)cc3)s2)cc1. The maximum absolute atomic E-state index is 12.4. The van der Waals surface area contributed by atoms with Gasteiger partial charge in [-0.1, -0.05) is 58.5 Å². The van der Waals surface area contributed by atoms with E-state index in [0.29, 0.717) is 24.6 Å². The standard InChI is InChI=1S/C21H22BrN3O2S/c1-3-15-6-12-18(13-7-15)27-14-4-5-19(26)25(2)21-24-23-20(28-21)16-8-10-17(22)11-9-16/h6-13H,3-5,14H2,1-2H3. The summed E-state index contributed by atoms with van der Waals surface area (Å²) in [6.07, 6.45) is 2.06. The summed E-state index contributed by atoms with van der Waals surface area (Å²) in [4.78, 5) is 14.0. The molecule has 0 aliphatic rings. The molecule has 0 aliphatic carbocycles. The molecule has 0 fully saturated rings. The van der Waals surface area contributed by atoms with Crippen LogP contribution < -0.4 is 9.64 Å². The highest BCUT2D eigenvalue weighted by Gasteiger charge is 2.16. The van der Waals surface area contributed by atoms with Gasteiger partial charge < -0.3 is 4.74 Å². The fourth-order valence-corrected chi connectivity index (χ4v) is 3.66. The third-order valence-corrected chi connectivity index (χ3v) is 5.88. The van der Waals surface area contributed by atoms with Crippen molar-refractivity contribution in [2.45, 2.75) is 26.2 Å². The number of aryl methyl sites for hydroxylation is 1. The van der Waals surface area contributed by atoms with E-state index in [2.05, 4.69) is 45.2 Å². The molecule has 1 amide bonds. The quantitative estimate of drug-likeness (QED) is 0.425. The van der Waals surface area contributed by atoms with Crippen molar-refractivity contribution in [2.24, 2.45) is 0 Å². The Labute approximate surface area is 177 Å². The number of ether oxygens (including phenoxy) is 1. The Bertz CT molecular complexity index is 910. The van der Waals surface area contributed by atoms with Crippen molar-refractivity contribution in [3.8, 4) is 16.3 Å². The van der Waals surface area contributed by atoms with Crippen LogP contribution in [0.5, 0.6) is 5.75 Å². The lowest BCUT2D eigenvalue weighted by Crippen LogP contribution is -2.26. The number of amides is 1. The number of anilines is 1. The molecule has 7 heteroatoms. The second-order valence-corrected chi connectivity index (χ2v) is 8.17. The minimum Gasteiger partial charge on any atom is -0.494 e. The molecule has 0 unspecified atom stereocenters. The summed E-state index contributed by atoms with van der Waals surface area (Å²) in [6, 6.07) is 15.9. The van der Waals surface area contributed by atoms with Crippen molar-refractivity contribution in [3.63, 3.8) is 0 Å². The fourth-order valence-electron chi connectivity index (χ4n) is 2.57. The van der Waals surface area contributed by atoms with E-state index in [1.54, 1.807) is 11.9 Å². The van der Waals surface area contributed by atoms with Crippen LogP contribution in [-0.4, -0.2) is 29.8 Å². The normalized spacial score (nSPS) is 10.7. The Kier molecular flexibility index (Phi) is 7.17. The Balaban J connectivity index is 1.48. The molecule has 0 saturated carbocycles. The second-order valence-electron chi connectivity index (χ2n) is 6.30. The van der Waals surface area contributed by atoms with E-state index in [1.807, 2.05) is 36.4 Å². The van der Waals surface area contributed by atoms with Crippen molar-refractivity contribution in [1.29, 1.82) is 0 Å². The van der Waals surface area contributed by atoms with Crippen molar-refractivity contribution in [1.82, 2.24) is 10.2 Å². The average Bonchev–Trinajstić information content (AvgIpc) is 3.21. The van der Waals surface area contributed by atoms with Crippen molar-refractivity contribution in [3.05, 3.63) is 58.6 Å². The molecule has 0 spiro atoms. The zero-order valence-corrected chi connectivity index (χ0v) is 18.3. The predicted octanol–water partition coefficient (Wildman–Crippen LogP) is 5.35. The largest absolute Gasteiger partial charge is 0.494 e. The van der Waals surface area contributed by atoms with Crippen LogP contribution >= 0.6 is 27.3 Å². The Hall–Kier alpha value is -2.25. The predicted molar refractivity (Wildman–Crippen MR) is 117 cm³/mol. The third kappa shape index (κ3) is 5.39. The number of nitrogens with zero attached hydrogens (tertiary/aromatic N) is 3. The summed E-state index contributed by atoms with van der Waals surface area (Å²) in [5, 5.41) is 9.75. The van der Waals surface area contributed by atoms with E-state index >= 15 is 0 Å². The summed E-state index contributed by atoms with van der Waals surface area (Å²) < 4.78 is 6.72. The number of hydrogen-bond donors (Lipinski definition) is 0. The van der Waals surface area contributed by atoms with Gasteiger partial charge in [0.2, 0.25) is 11.0 Å². The van der Waals surface area contributed by atoms with Gasteiger partial charge in [0, 0.05) is 23.5 Å². The molecule has 0 N–H and O–H groups in total. The van der Waals surface area contributed by atoms with Gasteiger partial charge >= 0.3 is 0 Å². The van der Waals surface area contributed by atoms with Gasteiger partial charge in [-0.3, -0.25) is 9.69 Å². The smallest absolute Gasteiger partial charge is 0.228 e. The molecule has 5 nitrogen and oxygen atoms in total. The van der Waals surface area contributed by atoms with Crippen LogP contribution in [-0.2, 0) is 11.2 Å². The van der Waals surface area contributed by atoms with Crippen LogP contribution in [0.4, 0.5) is 5.13 Å². The maximum Gasteiger partial charge on any atom is 0.228 e. The van der Waals surface area contributed by atoms with E-state index in [9.17, 15) is 4.79 Å². The molecule has 1 aromatic heterocycles. The first-order valence-corrected chi connectivity index (χ1v) is 10.8. The molecule has 28 heavy (non-hydrogen) atoms. The Morgan fingerprint density at radius 1 is 1.11 bits per heavy atom. The summed E-state index contributed by atoms with van der Waals surface area (Å²) in [5.41, 5.74) is 2.26. The highest BCUT2D eigenvalue weighted by atomic mass is 79.9. The lowest BCUT2D eigenvalue weighted by Gasteiger charge is -2.13. The molecule has 0 aliphatic heterocycles. The Morgan fingerprint density at radius 3 is 2.50 bits per heavy atom. The first-order chi connectivity index (χ1) is 13.6. The topological polar surface area (TPSA) is 55.3 Å². The maximum atomic E-state index is 12.4. The number of rotatable bonds is 8. The van der Waals surface area contributed by atoms with E-state index in [0.717, 1.165) is 27.2 Å². The molecule has 0 radical (unpaired) electrons. The second kappa shape index (κ2) is 9.80. The van der Waals surface area contributed by atoms with Crippen molar-refractivity contribution < 1.29 is 9.53 Å². The molecule has 0 atom stereocenters. The van der Waals surface area contributed by atoms with Gasteiger partial charge in [0.1, 0.15) is 10.8 Å². The first-order valence-electron chi connectivity index (χ1n) is 9.14. The zero-order chi connectivity index (χ0) is 19.9. The molecule has 0 bridgehead atoms. The molecule has 146 valence electrons. The number of aromatic nitrogens is 2. The molecular weight excluding hydrogens is 438 g/mol. The molecular formula is C21H22BrN3O2S. The number of halogens is 1. The van der Waals surface area contributed by atoms with Crippen LogP contribution in [0.15, 0.2) is 53.0 Å². The number of benzene rings is 2.